The van der Waals surface area contributed by atoms with Crippen molar-refractivity contribution in [2.45, 2.75) is 4.90 Å². The van der Waals surface area contributed by atoms with Gasteiger partial charge in [0.15, 0.2) is 9.84 Å². The summed E-state index contributed by atoms with van der Waals surface area (Å²) in [7, 11) is -3.41. The summed E-state index contributed by atoms with van der Waals surface area (Å²) in [5.41, 5.74) is 0. The first-order chi connectivity index (χ1) is 5.97. The molecule has 0 saturated heterocycles. The van der Waals surface area contributed by atoms with Gasteiger partial charge in [0, 0.05) is 0 Å². The molecule has 0 spiro atoms. The molecule has 1 aromatic rings. The Morgan fingerprint density at radius 2 is 2.08 bits per heavy atom. The van der Waals surface area contributed by atoms with Gasteiger partial charge in [0.1, 0.15) is 11.0 Å². The van der Waals surface area contributed by atoms with Crippen LogP contribution in [0.5, 0.6) is 5.75 Å². The number of phenolic OH excluding ortho intramolecular Hbond substituents is 1. The van der Waals surface area contributed by atoms with Crippen molar-refractivity contribution in [2.75, 3.05) is 5.21 Å². The molecule has 1 aromatic carbocycles. The van der Waals surface area contributed by atoms with Crippen molar-refractivity contribution in [3.05, 3.63) is 22.7 Å². The van der Waals surface area contributed by atoms with Gasteiger partial charge in [-0.15, -0.1) is 11.6 Å². The van der Waals surface area contributed by atoms with Gasteiger partial charge in [0.2, 0.25) is 0 Å². The van der Waals surface area contributed by atoms with Crippen molar-refractivity contribution in [3.8, 4) is 5.75 Å². The number of rotatable bonds is 2. The molecule has 0 aliphatic heterocycles. The van der Waals surface area contributed by atoms with E-state index in [4.69, 9.17) is 16.7 Å². The Morgan fingerprint density at radius 1 is 1.46 bits per heavy atom. The van der Waals surface area contributed by atoms with E-state index in [1.165, 1.54) is 18.2 Å². The molecule has 0 atom stereocenters. The van der Waals surface area contributed by atoms with Crippen molar-refractivity contribution in [1.29, 1.82) is 0 Å². The topological polar surface area (TPSA) is 54.4 Å². The van der Waals surface area contributed by atoms with Gasteiger partial charge in [-0.3, -0.25) is 0 Å². The summed E-state index contributed by atoms with van der Waals surface area (Å²) in [6, 6.07) is 3.91. The van der Waals surface area contributed by atoms with Crippen LogP contribution in [0.25, 0.3) is 0 Å². The van der Waals surface area contributed by atoms with E-state index in [9.17, 15) is 8.42 Å². The molecule has 1 N–H and O–H groups in total. The summed E-state index contributed by atoms with van der Waals surface area (Å²) in [5, 5.41) is 8.64. The molecule has 0 fully saturated rings. The normalized spacial score (nSPS) is 11.5. The first kappa shape index (κ1) is 10.8. The Bertz CT molecular complexity index is 416. The molecule has 72 valence electrons. The van der Waals surface area contributed by atoms with Crippen LogP contribution in [0.2, 0.25) is 0 Å². The van der Waals surface area contributed by atoms with Crippen molar-refractivity contribution in [1.82, 2.24) is 0 Å². The Hall–Kier alpha value is -0.260. The van der Waals surface area contributed by atoms with Crippen LogP contribution in [0.3, 0.4) is 0 Å². The standard InChI is InChI=1S/C7H6BrClO3S/c8-6-3-5(1-2-7(6)10)13(11,12)4-9/h1-3,10H,4H2. The SMILES string of the molecule is O=S(=O)(CCl)c1ccc(O)c(Br)c1. The maximum atomic E-state index is 11.2. The van der Waals surface area contributed by atoms with Crippen LogP contribution in [0.4, 0.5) is 0 Å². The van der Waals surface area contributed by atoms with Gasteiger partial charge in [-0.1, -0.05) is 0 Å². The number of hydrogen-bond donors (Lipinski definition) is 1. The smallest absolute Gasteiger partial charge is 0.192 e. The van der Waals surface area contributed by atoms with Gasteiger partial charge in [0.25, 0.3) is 0 Å². The second-order valence-corrected chi connectivity index (χ2v) is 5.77. The zero-order valence-corrected chi connectivity index (χ0v) is 9.53. The van der Waals surface area contributed by atoms with Gasteiger partial charge >= 0.3 is 0 Å². The van der Waals surface area contributed by atoms with E-state index in [0.717, 1.165) is 0 Å². The molecule has 0 unspecified atom stereocenters. The quantitative estimate of drug-likeness (QED) is 0.847. The largest absolute Gasteiger partial charge is 0.507 e. The van der Waals surface area contributed by atoms with E-state index >= 15 is 0 Å². The minimum atomic E-state index is -3.41. The first-order valence-electron chi connectivity index (χ1n) is 3.24. The summed E-state index contributed by atoms with van der Waals surface area (Å²) in [4.78, 5) is 0.0900. The highest BCUT2D eigenvalue weighted by Crippen LogP contribution is 2.26. The molecule has 0 aliphatic rings. The van der Waals surface area contributed by atoms with E-state index in [2.05, 4.69) is 15.9 Å². The van der Waals surface area contributed by atoms with Gasteiger partial charge in [-0.25, -0.2) is 8.42 Å². The monoisotopic (exact) mass is 284 g/mol. The predicted molar refractivity (Wildman–Crippen MR) is 53.7 cm³/mol. The third-order valence-electron chi connectivity index (χ3n) is 1.42. The number of halogens is 2. The first-order valence-corrected chi connectivity index (χ1v) is 6.22. The summed E-state index contributed by atoms with van der Waals surface area (Å²) in [6.45, 7) is 0. The lowest BCUT2D eigenvalue weighted by Crippen LogP contribution is -2.01. The highest BCUT2D eigenvalue weighted by molar-refractivity contribution is 9.10. The molecule has 0 radical (unpaired) electrons. The maximum Gasteiger partial charge on any atom is 0.192 e. The zero-order valence-electron chi connectivity index (χ0n) is 6.37. The molecule has 6 heteroatoms. The van der Waals surface area contributed by atoms with Crippen LogP contribution in [-0.4, -0.2) is 18.7 Å². The summed E-state index contributed by atoms with van der Waals surface area (Å²) in [5.74, 6) is -0.00600. The highest BCUT2D eigenvalue weighted by atomic mass is 79.9. The number of hydrogen-bond acceptors (Lipinski definition) is 3. The lowest BCUT2D eigenvalue weighted by atomic mass is 10.3. The van der Waals surface area contributed by atoms with Gasteiger partial charge < -0.3 is 5.11 Å². The van der Waals surface area contributed by atoms with Crippen molar-refractivity contribution in [3.63, 3.8) is 0 Å². The third-order valence-corrected chi connectivity index (χ3v) is 4.18. The van der Waals surface area contributed by atoms with E-state index < -0.39 is 15.0 Å². The van der Waals surface area contributed by atoms with E-state index in [1.807, 2.05) is 0 Å². The molecule has 0 aromatic heterocycles. The van der Waals surface area contributed by atoms with Crippen molar-refractivity contribution in [2.24, 2.45) is 0 Å². The van der Waals surface area contributed by atoms with E-state index in [0.29, 0.717) is 4.47 Å². The average molecular weight is 286 g/mol. The summed E-state index contributed by atoms with van der Waals surface area (Å²) >= 11 is 8.26. The van der Waals surface area contributed by atoms with Crippen molar-refractivity contribution >= 4 is 37.4 Å². The minimum Gasteiger partial charge on any atom is -0.507 e. The van der Waals surface area contributed by atoms with Crippen LogP contribution in [0.1, 0.15) is 0 Å². The van der Waals surface area contributed by atoms with Gasteiger partial charge in [0.05, 0.1) is 9.37 Å². The lowest BCUT2D eigenvalue weighted by molar-refractivity contribution is 0.471. The fourth-order valence-corrected chi connectivity index (χ4v) is 2.35. The highest BCUT2D eigenvalue weighted by Gasteiger charge is 2.13. The molecule has 0 amide bonds. The van der Waals surface area contributed by atoms with Gasteiger partial charge in [-0.2, -0.15) is 0 Å². The molecule has 0 aliphatic carbocycles. The second-order valence-electron chi connectivity index (χ2n) is 2.34. The molecule has 0 heterocycles. The summed E-state index contributed by atoms with van der Waals surface area (Å²) in [6.07, 6.45) is 0. The molecule has 0 bridgehead atoms. The van der Waals surface area contributed by atoms with Crippen LogP contribution in [-0.2, 0) is 9.84 Å². The number of sulfone groups is 1. The predicted octanol–water partition coefficient (Wildman–Crippen LogP) is 2.12. The minimum absolute atomic E-state index is 0.00600. The second kappa shape index (κ2) is 3.86. The van der Waals surface area contributed by atoms with Crippen molar-refractivity contribution < 1.29 is 13.5 Å². The van der Waals surface area contributed by atoms with E-state index in [1.54, 1.807) is 0 Å². The average Bonchev–Trinajstić information content (AvgIpc) is 2.09. The van der Waals surface area contributed by atoms with Crippen LogP contribution in [0.15, 0.2) is 27.6 Å². The number of phenols is 1. The lowest BCUT2D eigenvalue weighted by Gasteiger charge is -2.01. The number of alkyl halides is 1. The van der Waals surface area contributed by atoms with Crippen LogP contribution < -0.4 is 0 Å². The molecule has 1 rings (SSSR count). The fraction of sp³-hybridized carbons (Fsp3) is 0.143. The third kappa shape index (κ3) is 2.36. The fourth-order valence-electron chi connectivity index (χ4n) is 0.744. The maximum absolute atomic E-state index is 11.2. The Kier molecular flexibility index (Phi) is 3.21. The zero-order chi connectivity index (χ0) is 10.1. The Labute approximate surface area is 89.4 Å². The molecule has 13 heavy (non-hydrogen) atoms. The Balaban J connectivity index is 3.27. The van der Waals surface area contributed by atoms with Gasteiger partial charge in [-0.05, 0) is 34.1 Å². The molecule has 0 saturated carbocycles. The molecular weight excluding hydrogens is 279 g/mol. The number of aromatic hydroxyl groups is 1. The summed E-state index contributed by atoms with van der Waals surface area (Å²) < 4.78 is 22.8. The molecular formula is C7H6BrClO3S. The van der Waals surface area contributed by atoms with Crippen LogP contribution in [0, 0.1) is 0 Å². The van der Waals surface area contributed by atoms with Crippen LogP contribution >= 0.6 is 27.5 Å². The number of benzene rings is 1. The van der Waals surface area contributed by atoms with E-state index in [-0.39, 0.29) is 10.6 Å². The Morgan fingerprint density at radius 3 is 2.54 bits per heavy atom. The molecule has 3 nitrogen and oxygen atoms in total.